The normalized spacial score (nSPS) is 24.3. The Kier molecular flexibility index (Phi) is 4.77. The fraction of sp³-hybridized carbons (Fsp3) is 0.500. The average Bonchev–Trinajstić information content (AvgIpc) is 3.46. The van der Waals surface area contributed by atoms with Crippen molar-refractivity contribution in [1.82, 2.24) is 19.4 Å². The summed E-state index contributed by atoms with van der Waals surface area (Å²) in [5.74, 6) is 1.49. The molecule has 3 saturated heterocycles. The SMILES string of the molecule is C[C@H]1CC2(CCN(c3ncc(Sc4ccnc5c4NC(=O)C4(COC4)N5)c4nccn34)CC2)CO1. The first-order valence-corrected chi connectivity index (χ1v) is 12.9. The number of piperidine rings is 1. The largest absolute Gasteiger partial charge is 0.378 e. The summed E-state index contributed by atoms with van der Waals surface area (Å²) in [5.41, 5.74) is 1.15. The fourth-order valence-electron chi connectivity index (χ4n) is 5.65. The molecule has 35 heavy (non-hydrogen) atoms. The molecule has 10 nitrogen and oxygen atoms in total. The number of carbonyl (C=O) groups excluding carboxylic acids is 1. The van der Waals surface area contributed by atoms with E-state index in [-0.39, 0.29) is 5.91 Å². The second-order valence-electron chi connectivity index (χ2n) is 10.1. The summed E-state index contributed by atoms with van der Waals surface area (Å²) in [6, 6.07) is 1.91. The second kappa shape index (κ2) is 7.81. The van der Waals surface area contributed by atoms with Crippen LogP contribution in [0.4, 0.5) is 17.5 Å². The van der Waals surface area contributed by atoms with Crippen LogP contribution in [0.15, 0.2) is 40.6 Å². The zero-order valence-electron chi connectivity index (χ0n) is 19.5. The van der Waals surface area contributed by atoms with E-state index in [0.29, 0.717) is 36.2 Å². The van der Waals surface area contributed by atoms with Gasteiger partial charge in [-0.1, -0.05) is 11.8 Å². The van der Waals surface area contributed by atoms with Crippen LogP contribution in [0.1, 0.15) is 26.2 Å². The van der Waals surface area contributed by atoms with Crippen molar-refractivity contribution in [2.24, 2.45) is 5.41 Å². The second-order valence-corrected chi connectivity index (χ2v) is 11.2. The summed E-state index contributed by atoms with van der Waals surface area (Å²) in [6.45, 7) is 5.67. The third kappa shape index (κ3) is 3.40. The van der Waals surface area contributed by atoms with E-state index in [1.807, 2.05) is 24.7 Å². The maximum Gasteiger partial charge on any atom is 0.255 e. The minimum absolute atomic E-state index is 0.0875. The quantitative estimate of drug-likeness (QED) is 0.570. The zero-order valence-corrected chi connectivity index (χ0v) is 20.3. The minimum atomic E-state index is -0.710. The molecule has 3 aromatic heterocycles. The Morgan fingerprint density at radius 2 is 1.97 bits per heavy atom. The molecule has 3 fully saturated rings. The summed E-state index contributed by atoms with van der Waals surface area (Å²) in [4.78, 5) is 30.9. The van der Waals surface area contributed by atoms with Gasteiger partial charge in [0.1, 0.15) is 0 Å². The molecule has 0 unspecified atom stereocenters. The summed E-state index contributed by atoms with van der Waals surface area (Å²) in [5, 5.41) is 6.32. The van der Waals surface area contributed by atoms with E-state index in [1.54, 1.807) is 6.20 Å². The summed E-state index contributed by atoms with van der Waals surface area (Å²) < 4.78 is 13.2. The van der Waals surface area contributed by atoms with Crippen LogP contribution in [0.5, 0.6) is 0 Å². The van der Waals surface area contributed by atoms with Crippen LogP contribution >= 0.6 is 11.8 Å². The summed E-state index contributed by atoms with van der Waals surface area (Å²) >= 11 is 1.53. The van der Waals surface area contributed by atoms with Gasteiger partial charge in [-0.05, 0) is 37.7 Å². The number of imidazole rings is 1. The van der Waals surface area contributed by atoms with Crippen molar-refractivity contribution >= 4 is 40.8 Å². The van der Waals surface area contributed by atoms with Gasteiger partial charge in [0, 0.05) is 42.8 Å². The molecule has 0 bridgehead atoms. The lowest BCUT2D eigenvalue weighted by Crippen LogP contribution is -2.65. The van der Waals surface area contributed by atoms with Crippen LogP contribution < -0.4 is 15.5 Å². The molecule has 0 aliphatic carbocycles. The number of carbonyl (C=O) groups is 1. The highest BCUT2D eigenvalue weighted by Crippen LogP contribution is 2.44. The van der Waals surface area contributed by atoms with E-state index in [9.17, 15) is 4.79 Å². The van der Waals surface area contributed by atoms with Gasteiger partial charge in [-0.2, -0.15) is 0 Å². The highest BCUT2D eigenvalue weighted by molar-refractivity contribution is 7.99. The molecule has 182 valence electrons. The van der Waals surface area contributed by atoms with Crippen molar-refractivity contribution in [2.75, 3.05) is 48.4 Å². The van der Waals surface area contributed by atoms with Gasteiger partial charge >= 0.3 is 0 Å². The molecule has 4 aliphatic heterocycles. The number of hydrogen-bond donors (Lipinski definition) is 2. The van der Waals surface area contributed by atoms with Crippen molar-refractivity contribution in [2.45, 2.75) is 47.6 Å². The van der Waals surface area contributed by atoms with Crippen molar-refractivity contribution in [1.29, 1.82) is 0 Å². The summed E-state index contributed by atoms with van der Waals surface area (Å²) in [7, 11) is 0. The van der Waals surface area contributed by atoms with Crippen LogP contribution in [0.2, 0.25) is 0 Å². The highest BCUT2D eigenvalue weighted by atomic mass is 32.2. The fourth-order valence-corrected chi connectivity index (χ4v) is 6.62. The molecular formula is C24H27N7O3S. The number of anilines is 3. The van der Waals surface area contributed by atoms with Gasteiger partial charge in [-0.3, -0.25) is 9.20 Å². The predicted octanol–water partition coefficient (Wildman–Crippen LogP) is 2.80. The van der Waals surface area contributed by atoms with Gasteiger partial charge in [0.2, 0.25) is 5.95 Å². The smallest absolute Gasteiger partial charge is 0.255 e. The Hall–Kier alpha value is -2.89. The molecule has 3 aromatic rings. The number of pyridine rings is 1. The van der Waals surface area contributed by atoms with E-state index in [0.717, 1.165) is 60.3 Å². The molecule has 0 aromatic carbocycles. The Labute approximate surface area is 206 Å². The van der Waals surface area contributed by atoms with Crippen molar-refractivity contribution < 1.29 is 14.3 Å². The minimum Gasteiger partial charge on any atom is -0.378 e. The Morgan fingerprint density at radius 1 is 1.11 bits per heavy atom. The number of fused-ring (bicyclic) bond motifs is 2. The first-order valence-electron chi connectivity index (χ1n) is 12.1. The van der Waals surface area contributed by atoms with Crippen LogP contribution in [-0.2, 0) is 14.3 Å². The van der Waals surface area contributed by atoms with Gasteiger partial charge in [-0.25, -0.2) is 15.0 Å². The lowest BCUT2D eigenvalue weighted by Gasteiger charge is -2.43. The van der Waals surface area contributed by atoms with E-state index in [4.69, 9.17) is 14.5 Å². The van der Waals surface area contributed by atoms with E-state index in [2.05, 4.69) is 36.8 Å². The first-order chi connectivity index (χ1) is 17.0. The van der Waals surface area contributed by atoms with E-state index < -0.39 is 5.54 Å². The number of ether oxygens (including phenoxy) is 2. The predicted molar refractivity (Wildman–Crippen MR) is 131 cm³/mol. The van der Waals surface area contributed by atoms with Crippen LogP contribution in [0.25, 0.3) is 5.65 Å². The van der Waals surface area contributed by atoms with Gasteiger partial charge in [0.15, 0.2) is 17.0 Å². The van der Waals surface area contributed by atoms with Gasteiger partial charge in [0.25, 0.3) is 5.91 Å². The first kappa shape index (κ1) is 21.4. The van der Waals surface area contributed by atoms with Crippen LogP contribution in [-0.4, -0.2) is 69.8 Å². The van der Waals surface area contributed by atoms with Crippen molar-refractivity contribution in [3.05, 3.63) is 30.9 Å². The number of aromatic nitrogens is 4. The van der Waals surface area contributed by atoms with Crippen LogP contribution in [0, 0.1) is 5.41 Å². The number of amides is 1. The monoisotopic (exact) mass is 493 g/mol. The average molecular weight is 494 g/mol. The number of rotatable bonds is 3. The zero-order chi connectivity index (χ0) is 23.6. The molecule has 0 saturated carbocycles. The number of nitrogens with one attached hydrogen (secondary N) is 2. The van der Waals surface area contributed by atoms with Crippen molar-refractivity contribution in [3.63, 3.8) is 0 Å². The van der Waals surface area contributed by atoms with Gasteiger partial charge in [-0.15, -0.1) is 0 Å². The molecule has 0 radical (unpaired) electrons. The standard InChI is InChI=1S/C24H27N7O3S/c1-15-10-23(12-34-15)3-7-30(8-4-23)22-27-11-17(20-26-6-9-31(20)22)35-16-2-5-25-19-18(16)28-21(32)24(29-19)13-33-14-24/h2,5-6,9,11,15H,3-4,7-8,10,12-14H2,1H3,(H,25,29)(H,28,32)/t15-/m0/s1. The maximum atomic E-state index is 12.7. The van der Waals surface area contributed by atoms with Crippen molar-refractivity contribution in [3.8, 4) is 0 Å². The molecular weight excluding hydrogens is 466 g/mol. The molecule has 4 aliphatic rings. The molecule has 1 atom stereocenters. The molecule has 7 heterocycles. The lowest BCUT2D eigenvalue weighted by molar-refractivity contribution is -0.135. The van der Waals surface area contributed by atoms with E-state index in [1.165, 1.54) is 11.8 Å². The third-order valence-corrected chi connectivity index (χ3v) is 8.80. The summed E-state index contributed by atoms with van der Waals surface area (Å²) in [6.07, 6.45) is 11.2. The molecule has 11 heteroatoms. The van der Waals surface area contributed by atoms with E-state index >= 15 is 0 Å². The molecule has 1 amide bonds. The Morgan fingerprint density at radius 3 is 2.71 bits per heavy atom. The maximum absolute atomic E-state index is 12.7. The molecule has 7 rings (SSSR count). The van der Waals surface area contributed by atoms with Crippen LogP contribution in [0.3, 0.4) is 0 Å². The Bertz CT molecular complexity index is 1320. The van der Waals surface area contributed by atoms with Gasteiger partial charge in [0.05, 0.1) is 36.5 Å². The Balaban J connectivity index is 1.15. The third-order valence-electron chi connectivity index (χ3n) is 7.74. The number of nitrogens with zero attached hydrogens (tertiary/aromatic N) is 5. The topological polar surface area (TPSA) is 106 Å². The number of hydrogen-bond acceptors (Lipinski definition) is 9. The van der Waals surface area contributed by atoms with Gasteiger partial charge < -0.3 is 25.0 Å². The molecule has 2 N–H and O–H groups in total. The highest BCUT2D eigenvalue weighted by Gasteiger charge is 2.49. The molecule has 2 spiro atoms. The lowest BCUT2D eigenvalue weighted by atomic mass is 9.77.